The summed E-state index contributed by atoms with van der Waals surface area (Å²) < 4.78 is 3.98. The first-order valence-corrected chi connectivity index (χ1v) is 11.3. The van der Waals surface area contributed by atoms with Gasteiger partial charge in [0.25, 0.3) is 5.91 Å². The second-order valence-corrected chi connectivity index (χ2v) is 9.19. The molecule has 0 atom stereocenters. The van der Waals surface area contributed by atoms with Crippen LogP contribution < -0.4 is 10.2 Å². The average molecular weight is 439 g/mol. The van der Waals surface area contributed by atoms with Gasteiger partial charge in [0, 0.05) is 38.4 Å². The van der Waals surface area contributed by atoms with E-state index in [-0.39, 0.29) is 5.91 Å². The van der Waals surface area contributed by atoms with Crippen LogP contribution in [0.25, 0.3) is 0 Å². The third kappa shape index (κ3) is 4.62. The first-order valence-electron chi connectivity index (χ1n) is 9.73. The van der Waals surface area contributed by atoms with E-state index < -0.39 is 0 Å². The summed E-state index contributed by atoms with van der Waals surface area (Å²) >= 11 is 13.7. The molecular formula is C20H24Cl2N4OS. The Morgan fingerprint density at radius 2 is 1.96 bits per heavy atom. The number of carbonyl (C=O) groups is 1. The topological polar surface area (TPSA) is 48.5 Å². The molecule has 0 unspecified atom stereocenters. The van der Waals surface area contributed by atoms with Crippen LogP contribution in [0, 0.1) is 5.92 Å². The zero-order valence-corrected chi connectivity index (χ0v) is 17.9. The highest BCUT2D eigenvalue weighted by Gasteiger charge is 2.31. The summed E-state index contributed by atoms with van der Waals surface area (Å²) in [5, 5.41) is 4.37. The lowest BCUT2D eigenvalue weighted by Crippen LogP contribution is -2.48. The van der Waals surface area contributed by atoms with Crippen molar-refractivity contribution in [3.8, 4) is 0 Å². The lowest BCUT2D eigenvalue weighted by Gasteiger charge is -2.39. The molecule has 4 rings (SSSR count). The van der Waals surface area contributed by atoms with Crippen LogP contribution in [0.1, 0.15) is 28.9 Å². The maximum atomic E-state index is 12.0. The number of benzene rings is 1. The molecule has 1 aromatic heterocycles. The summed E-state index contributed by atoms with van der Waals surface area (Å²) in [5.41, 5.74) is 1.03. The highest BCUT2D eigenvalue weighted by Crippen LogP contribution is 2.33. The quantitative estimate of drug-likeness (QED) is 0.734. The molecule has 5 nitrogen and oxygen atoms in total. The molecule has 0 radical (unpaired) electrons. The van der Waals surface area contributed by atoms with Crippen LogP contribution in [0.2, 0.25) is 10.0 Å². The Morgan fingerprint density at radius 1 is 1.18 bits per heavy atom. The molecule has 0 spiro atoms. The standard InChI is InChI=1S/C20H24Cl2N4OS/c21-16-2-1-3-17(19(16)22)26-10-8-25(9-11-26)7-5-14-12-15(13-14)24-20(27)18-4-6-23-28-18/h1-4,6,14-15H,5,7-13H2,(H,24,27)/t14-,15-. The van der Waals surface area contributed by atoms with Gasteiger partial charge in [0.15, 0.2) is 0 Å². The fraction of sp³-hybridized carbons (Fsp3) is 0.500. The minimum atomic E-state index is 0.0155. The van der Waals surface area contributed by atoms with Crippen LogP contribution in [0.5, 0.6) is 0 Å². The van der Waals surface area contributed by atoms with Crippen molar-refractivity contribution < 1.29 is 4.79 Å². The van der Waals surface area contributed by atoms with E-state index in [2.05, 4.69) is 19.5 Å². The average Bonchev–Trinajstić information content (AvgIpc) is 3.21. The molecule has 1 amide bonds. The fourth-order valence-corrected chi connectivity index (χ4v) is 4.91. The van der Waals surface area contributed by atoms with Crippen LogP contribution in [-0.2, 0) is 0 Å². The van der Waals surface area contributed by atoms with Gasteiger partial charge in [0.1, 0.15) is 4.88 Å². The van der Waals surface area contributed by atoms with Gasteiger partial charge in [-0.2, -0.15) is 0 Å². The molecule has 150 valence electrons. The summed E-state index contributed by atoms with van der Waals surface area (Å²) in [6, 6.07) is 7.92. The number of nitrogens with zero attached hydrogens (tertiary/aromatic N) is 3. The van der Waals surface area contributed by atoms with Crippen molar-refractivity contribution >= 4 is 46.3 Å². The molecule has 28 heavy (non-hydrogen) atoms. The molecule has 2 fully saturated rings. The van der Waals surface area contributed by atoms with Crippen LogP contribution in [-0.4, -0.2) is 53.9 Å². The van der Waals surface area contributed by atoms with Crippen LogP contribution >= 0.6 is 34.7 Å². The number of carbonyl (C=O) groups excluding carboxylic acids is 1. The van der Waals surface area contributed by atoms with Gasteiger partial charge in [0.2, 0.25) is 0 Å². The van der Waals surface area contributed by atoms with E-state index in [0.29, 0.717) is 26.9 Å². The van der Waals surface area contributed by atoms with Gasteiger partial charge in [-0.05, 0) is 61.5 Å². The highest BCUT2D eigenvalue weighted by molar-refractivity contribution is 7.08. The molecular weight excluding hydrogens is 415 g/mol. The molecule has 2 aliphatic rings. The van der Waals surface area contributed by atoms with Crippen LogP contribution in [0.3, 0.4) is 0 Å². The first-order chi connectivity index (χ1) is 13.6. The Labute approximate surface area is 179 Å². The van der Waals surface area contributed by atoms with Crippen LogP contribution in [0.4, 0.5) is 5.69 Å². The summed E-state index contributed by atoms with van der Waals surface area (Å²) in [6.45, 7) is 5.15. The summed E-state index contributed by atoms with van der Waals surface area (Å²) in [5.74, 6) is 0.730. The fourth-order valence-electron chi connectivity index (χ4n) is 3.99. The monoisotopic (exact) mass is 438 g/mol. The predicted octanol–water partition coefficient (Wildman–Crippen LogP) is 4.17. The molecule has 1 saturated heterocycles. The Morgan fingerprint density at radius 3 is 2.68 bits per heavy atom. The van der Waals surface area contributed by atoms with E-state index in [1.54, 1.807) is 12.3 Å². The van der Waals surface area contributed by atoms with Crippen molar-refractivity contribution in [2.24, 2.45) is 5.92 Å². The first kappa shape index (κ1) is 20.0. The SMILES string of the molecule is O=C(N[C@H]1C[C@H](CCN2CCN(c3cccc(Cl)c3Cl)CC2)C1)c1ccns1. The van der Waals surface area contributed by atoms with Gasteiger partial charge < -0.3 is 10.2 Å². The Balaban J connectivity index is 1.15. The maximum absolute atomic E-state index is 12.0. The summed E-state index contributed by atoms with van der Waals surface area (Å²) in [7, 11) is 0. The third-order valence-electron chi connectivity index (χ3n) is 5.73. The van der Waals surface area contributed by atoms with Crippen molar-refractivity contribution in [1.29, 1.82) is 0 Å². The van der Waals surface area contributed by atoms with Crippen LogP contribution in [0.15, 0.2) is 30.5 Å². The van der Waals surface area contributed by atoms with Gasteiger partial charge in [0.05, 0.1) is 15.7 Å². The Kier molecular flexibility index (Phi) is 6.41. The van der Waals surface area contributed by atoms with Gasteiger partial charge in [-0.15, -0.1) is 0 Å². The number of amides is 1. The number of aromatic nitrogens is 1. The van der Waals surface area contributed by atoms with Crippen molar-refractivity contribution in [3.05, 3.63) is 45.4 Å². The number of rotatable bonds is 6. The molecule has 1 aliphatic carbocycles. The van der Waals surface area contributed by atoms with E-state index in [1.807, 2.05) is 18.2 Å². The third-order valence-corrected chi connectivity index (χ3v) is 7.28. The van der Waals surface area contributed by atoms with Gasteiger partial charge in [-0.25, -0.2) is 4.37 Å². The number of hydrogen-bond donors (Lipinski definition) is 1. The van der Waals surface area contributed by atoms with E-state index >= 15 is 0 Å². The van der Waals surface area contributed by atoms with Crippen molar-refractivity contribution in [2.75, 3.05) is 37.6 Å². The zero-order valence-electron chi connectivity index (χ0n) is 15.6. The van der Waals surface area contributed by atoms with E-state index in [9.17, 15) is 4.79 Å². The number of halogens is 2. The number of nitrogens with one attached hydrogen (secondary N) is 1. The highest BCUT2D eigenvalue weighted by atomic mass is 35.5. The molecule has 1 aliphatic heterocycles. The summed E-state index contributed by atoms with van der Waals surface area (Å²) in [4.78, 5) is 17.6. The van der Waals surface area contributed by atoms with E-state index in [4.69, 9.17) is 23.2 Å². The predicted molar refractivity (Wildman–Crippen MR) is 116 cm³/mol. The van der Waals surface area contributed by atoms with E-state index in [1.165, 1.54) is 18.0 Å². The van der Waals surface area contributed by atoms with Crippen molar-refractivity contribution in [3.63, 3.8) is 0 Å². The summed E-state index contributed by atoms with van der Waals surface area (Å²) in [6.07, 6.45) is 5.04. The smallest absolute Gasteiger partial charge is 0.263 e. The van der Waals surface area contributed by atoms with Crippen molar-refractivity contribution in [1.82, 2.24) is 14.6 Å². The molecule has 8 heteroatoms. The molecule has 1 N–H and O–H groups in total. The number of anilines is 1. The lowest BCUT2D eigenvalue weighted by molar-refractivity contribution is 0.0881. The Bertz CT molecular complexity index is 803. The molecule has 2 aromatic rings. The molecule has 1 saturated carbocycles. The number of hydrogen-bond acceptors (Lipinski definition) is 5. The second-order valence-electron chi connectivity index (χ2n) is 7.57. The Hall–Kier alpha value is -1.34. The lowest BCUT2D eigenvalue weighted by atomic mass is 9.78. The van der Waals surface area contributed by atoms with Gasteiger partial charge in [-0.1, -0.05) is 29.3 Å². The molecule has 2 heterocycles. The largest absolute Gasteiger partial charge is 0.368 e. The van der Waals surface area contributed by atoms with Gasteiger partial charge >= 0.3 is 0 Å². The normalized spacial score (nSPS) is 22.7. The van der Waals surface area contributed by atoms with Gasteiger partial charge in [-0.3, -0.25) is 9.69 Å². The molecule has 1 aromatic carbocycles. The number of piperazine rings is 1. The minimum absolute atomic E-state index is 0.0155. The van der Waals surface area contributed by atoms with Crippen molar-refractivity contribution in [2.45, 2.75) is 25.3 Å². The maximum Gasteiger partial charge on any atom is 0.263 e. The zero-order chi connectivity index (χ0) is 19.5. The van der Waals surface area contributed by atoms with E-state index in [0.717, 1.165) is 51.3 Å². The molecule has 0 bridgehead atoms. The second kappa shape index (κ2) is 8.99. The minimum Gasteiger partial charge on any atom is -0.368 e.